The standard InChI is InChI=1S/C17H22N2O4/c1-21-7-4-8-23-16-10-14-13(9-15(16)22-2)17(20)19-6-3-5-12(19)11-18-14/h9-12H,3-8H2,1-2H3/t12-/m0/s1. The number of carbonyl (C=O) groups is 1. The Hall–Kier alpha value is -2.08. The number of methoxy groups -OCH3 is 2. The summed E-state index contributed by atoms with van der Waals surface area (Å²) >= 11 is 0. The Labute approximate surface area is 136 Å². The molecule has 1 fully saturated rings. The highest BCUT2D eigenvalue weighted by atomic mass is 16.5. The second kappa shape index (κ2) is 7.00. The van der Waals surface area contributed by atoms with Gasteiger partial charge in [-0.25, -0.2) is 0 Å². The first-order chi connectivity index (χ1) is 11.2. The maximum absolute atomic E-state index is 12.7. The molecule has 6 heteroatoms. The van der Waals surface area contributed by atoms with Crippen molar-refractivity contribution in [1.29, 1.82) is 0 Å². The first-order valence-corrected chi connectivity index (χ1v) is 7.93. The molecule has 1 amide bonds. The van der Waals surface area contributed by atoms with Gasteiger partial charge >= 0.3 is 0 Å². The van der Waals surface area contributed by atoms with E-state index < -0.39 is 0 Å². The van der Waals surface area contributed by atoms with E-state index in [4.69, 9.17) is 14.2 Å². The fourth-order valence-electron chi connectivity index (χ4n) is 3.01. The zero-order valence-corrected chi connectivity index (χ0v) is 13.6. The van der Waals surface area contributed by atoms with Gasteiger partial charge < -0.3 is 19.1 Å². The smallest absolute Gasteiger partial charge is 0.256 e. The van der Waals surface area contributed by atoms with Crippen molar-refractivity contribution >= 4 is 17.8 Å². The molecule has 23 heavy (non-hydrogen) atoms. The van der Waals surface area contributed by atoms with Gasteiger partial charge in [-0.15, -0.1) is 0 Å². The summed E-state index contributed by atoms with van der Waals surface area (Å²) in [5.41, 5.74) is 1.22. The molecule has 0 aromatic heterocycles. The van der Waals surface area contributed by atoms with Crippen molar-refractivity contribution in [3.05, 3.63) is 17.7 Å². The molecular formula is C17H22N2O4. The minimum atomic E-state index is 0.0178. The fourth-order valence-corrected chi connectivity index (χ4v) is 3.01. The molecule has 2 aliphatic rings. The van der Waals surface area contributed by atoms with E-state index in [2.05, 4.69) is 4.99 Å². The van der Waals surface area contributed by atoms with Gasteiger partial charge in [0, 0.05) is 39.0 Å². The minimum Gasteiger partial charge on any atom is -0.493 e. The van der Waals surface area contributed by atoms with Gasteiger partial charge in [-0.2, -0.15) is 0 Å². The van der Waals surface area contributed by atoms with Crippen LogP contribution in [0.2, 0.25) is 0 Å². The predicted molar refractivity (Wildman–Crippen MR) is 87.2 cm³/mol. The number of aliphatic imine (C=N–C) groups is 1. The molecule has 124 valence electrons. The topological polar surface area (TPSA) is 60.4 Å². The van der Waals surface area contributed by atoms with E-state index in [1.165, 1.54) is 0 Å². The maximum Gasteiger partial charge on any atom is 0.256 e. The first-order valence-electron chi connectivity index (χ1n) is 7.93. The van der Waals surface area contributed by atoms with E-state index in [0.29, 0.717) is 36.0 Å². The van der Waals surface area contributed by atoms with Crippen LogP contribution in [0.3, 0.4) is 0 Å². The van der Waals surface area contributed by atoms with Crippen molar-refractivity contribution in [3.8, 4) is 11.5 Å². The van der Waals surface area contributed by atoms with Gasteiger partial charge in [0.05, 0.1) is 31.0 Å². The van der Waals surface area contributed by atoms with E-state index in [0.717, 1.165) is 25.8 Å². The number of nitrogens with zero attached hydrogens (tertiary/aromatic N) is 2. The van der Waals surface area contributed by atoms with Crippen LogP contribution in [0.15, 0.2) is 17.1 Å². The third-order valence-corrected chi connectivity index (χ3v) is 4.21. The number of hydrogen-bond acceptors (Lipinski definition) is 5. The number of ether oxygens (including phenoxy) is 3. The van der Waals surface area contributed by atoms with E-state index in [1.807, 2.05) is 11.1 Å². The molecule has 0 radical (unpaired) electrons. The van der Waals surface area contributed by atoms with Crippen LogP contribution in [0.25, 0.3) is 0 Å². The molecule has 0 N–H and O–H groups in total. The van der Waals surface area contributed by atoms with E-state index in [9.17, 15) is 4.79 Å². The monoisotopic (exact) mass is 318 g/mol. The van der Waals surface area contributed by atoms with Gasteiger partial charge in [-0.1, -0.05) is 0 Å². The summed E-state index contributed by atoms with van der Waals surface area (Å²) in [5.74, 6) is 1.18. The quantitative estimate of drug-likeness (QED) is 0.756. The zero-order chi connectivity index (χ0) is 16.2. The van der Waals surface area contributed by atoms with Gasteiger partial charge in [0.1, 0.15) is 0 Å². The Morgan fingerprint density at radius 3 is 2.91 bits per heavy atom. The van der Waals surface area contributed by atoms with Crippen LogP contribution in [-0.2, 0) is 4.74 Å². The van der Waals surface area contributed by atoms with Crippen LogP contribution in [-0.4, -0.2) is 57.0 Å². The Bertz CT molecular complexity index is 615. The van der Waals surface area contributed by atoms with Gasteiger partial charge in [0.2, 0.25) is 0 Å². The molecule has 0 spiro atoms. The molecule has 1 atom stereocenters. The van der Waals surface area contributed by atoms with Crippen LogP contribution in [0, 0.1) is 0 Å². The predicted octanol–water partition coefficient (Wildman–Crippen LogP) is 2.43. The van der Waals surface area contributed by atoms with Crippen LogP contribution in [0.1, 0.15) is 29.6 Å². The Kier molecular flexibility index (Phi) is 4.81. The minimum absolute atomic E-state index is 0.0178. The largest absolute Gasteiger partial charge is 0.493 e. The normalized spacial score (nSPS) is 19.3. The average Bonchev–Trinajstić information content (AvgIpc) is 3.00. The van der Waals surface area contributed by atoms with Crippen molar-refractivity contribution < 1.29 is 19.0 Å². The number of rotatable bonds is 6. The Morgan fingerprint density at radius 2 is 2.13 bits per heavy atom. The van der Waals surface area contributed by atoms with Gasteiger partial charge in [-0.3, -0.25) is 9.79 Å². The summed E-state index contributed by atoms with van der Waals surface area (Å²) in [7, 11) is 3.24. The highest BCUT2D eigenvalue weighted by Crippen LogP contribution is 2.38. The number of hydrogen-bond donors (Lipinski definition) is 0. The Morgan fingerprint density at radius 1 is 1.26 bits per heavy atom. The molecule has 0 unspecified atom stereocenters. The lowest BCUT2D eigenvalue weighted by Crippen LogP contribution is -2.35. The second-order valence-corrected chi connectivity index (χ2v) is 5.70. The third-order valence-electron chi connectivity index (χ3n) is 4.21. The van der Waals surface area contributed by atoms with Crippen molar-refractivity contribution in [3.63, 3.8) is 0 Å². The molecule has 1 aromatic carbocycles. The average molecular weight is 318 g/mol. The van der Waals surface area contributed by atoms with E-state index >= 15 is 0 Å². The molecule has 3 rings (SSSR count). The number of amides is 1. The number of fused-ring (bicyclic) bond motifs is 2. The number of benzene rings is 1. The van der Waals surface area contributed by atoms with Crippen molar-refractivity contribution in [2.45, 2.75) is 25.3 Å². The summed E-state index contributed by atoms with van der Waals surface area (Å²) in [5, 5.41) is 0. The molecule has 2 aliphatic heterocycles. The molecule has 1 saturated heterocycles. The van der Waals surface area contributed by atoms with Crippen molar-refractivity contribution in [2.75, 3.05) is 34.0 Å². The van der Waals surface area contributed by atoms with E-state index in [-0.39, 0.29) is 11.9 Å². The summed E-state index contributed by atoms with van der Waals surface area (Å²) in [6.07, 6.45) is 4.66. The summed E-state index contributed by atoms with van der Waals surface area (Å²) in [4.78, 5) is 19.1. The molecule has 2 heterocycles. The van der Waals surface area contributed by atoms with E-state index in [1.54, 1.807) is 26.4 Å². The molecule has 1 aromatic rings. The molecular weight excluding hydrogens is 296 g/mol. The lowest BCUT2D eigenvalue weighted by molar-refractivity contribution is 0.0774. The highest BCUT2D eigenvalue weighted by molar-refractivity contribution is 6.03. The lowest BCUT2D eigenvalue weighted by atomic mass is 10.1. The van der Waals surface area contributed by atoms with Crippen LogP contribution in [0.4, 0.5) is 5.69 Å². The Balaban J connectivity index is 1.87. The summed E-state index contributed by atoms with van der Waals surface area (Å²) < 4.78 is 16.2. The van der Waals surface area contributed by atoms with Gasteiger partial charge in [-0.05, 0) is 18.9 Å². The van der Waals surface area contributed by atoms with Crippen LogP contribution < -0.4 is 9.47 Å². The van der Waals surface area contributed by atoms with Crippen molar-refractivity contribution in [2.24, 2.45) is 4.99 Å². The second-order valence-electron chi connectivity index (χ2n) is 5.70. The van der Waals surface area contributed by atoms with Gasteiger partial charge in [0.15, 0.2) is 11.5 Å². The molecule has 0 bridgehead atoms. The van der Waals surface area contributed by atoms with Crippen LogP contribution >= 0.6 is 0 Å². The van der Waals surface area contributed by atoms with Crippen molar-refractivity contribution in [1.82, 2.24) is 4.90 Å². The molecule has 6 nitrogen and oxygen atoms in total. The molecule has 0 saturated carbocycles. The summed E-state index contributed by atoms with van der Waals surface area (Å²) in [6.45, 7) is 1.95. The summed E-state index contributed by atoms with van der Waals surface area (Å²) in [6, 6.07) is 3.63. The third kappa shape index (κ3) is 3.17. The van der Waals surface area contributed by atoms with Crippen LogP contribution in [0.5, 0.6) is 11.5 Å². The SMILES string of the molecule is COCCCOc1cc2c(cc1OC)C(=O)N1CCC[C@H]1C=N2. The van der Waals surface area contributed by atoms with Gasteiger partial charge in [0.25, 0.3) is 5.91 Å². The lowest BCUT2D eigenvalue weighted by Gasteiger charge is -2.20. The fraction of sp³-hybridized carbons (Fsp3) is 0.529. The highest BCUT2D eigenvalue weighted by Gasteiger charge is 2.32. The zero-order valence-electron chi connectivity index (χ0n) is 13.6. The number of carbonyl (C=O) groups excluding carboxylic acids is 1. The first kappa shape index (κ1) is 15.8. The molecule has 0 aliphatic carbocycles. The maximum atomic E-state index is 12.7.